The van der Waals surface area contributed by atoms with Crippen LogP contribution in [0.5, 0.6) is 0 Å². The first-order valence-electron chi connectivity index (χ1n) is 6.75. The van der Waals surface area contributed by atoms with Crippen molar-refractivity contribution in [2.45, 2.75) is 38.2 Å². The van der Waals surface area contributed by atoms with E-state index in [-0.39, 0.29) is 11.9 Å². The van der Waals surface area contributed by atoms with Crippen molar-refractivity contribution < 1.29 is 9.50 Å². The van der Waals surface area contributed by atoms with E-state index in [1.807, 2.05) is 6.07 Å². The highest BCUT2D eigenvalue weighted by Gasteiger charge is 2.42. The van der Waals surface area contributed by atoms with Gasteiger partial charge >= 0.3 is 0 Å². The average molecular weight is 313 g/mol. The standard InChI is InChI=1S/C15H18BrFO/c16-12-4-3-11(14(17)8-12)7-15(18)13-6-9-1-2-10(13)5-9/h3-4,8-10,13,15,18H,1-2,5-7H2. The van der Waals surface area contributed by atoms with Crippen molar-refractivity contribution in [2.24, 2.45) is 17.8 Å². The Morgan fingerprint density at radius 3 is 2.78 bits per heavy atom. The molecule has 0 radical (unpaired) electrons. The minimum Gasteiger partial charge on any atom is -0.392 e. The Hall–Kier alpha value is -0.410. The summed E-state index contributed by atoms with van der Waals surface area (Å²) in [5.74, 6) is 1.69. The summed E-state index contributed by atoms with van der Waals surface area (Å²) in [6.07, 6.45) is 5.09. The van der Waals surface area contributed by atoms with E-state index in [0.29, 0.717) is 23.8 Å². The van der Waals surface area contributed by atoms with Gasteiger partial charge in [-0.2, -0.15) is 0 Å². The van der Waals surface area contributed by atoms with Crippen molar-refractivity contribution in [3.8, 4) is 0 Å². The number of rotatable bonds is 3. The number of benzene rings is 1. The summed E-state index contributed by atoms with van der Waals surface area (Å²) in [6.45, 7) is 0. The fraction of sp³-hybridized carbons (Fsp3) is 0.600. The summed E-state index contributed by atoms with van der Waals surface area (Å²) in [5.41, 5.74) is 0.633. The number of fused-ring (bicyclic) bond motifs is 2. The number of hydrogen-bond donors (Lipinski definition) is 1. The zero-order valence-electron chi connectivity index (χ0n) is 10.3. The van der Waals surface area contributed by atoms with Crippen molar-refractivity contribution in [3.63, 3.8) is 0 Å². The number of hydrogen-bond acceptors (Lipinski definition) is 1. The highest BCUT2D eigenvalue weighted by atomic mass is 79.9. The first kappa shape index (κ1) is 12.6. The lowest BCUT2D eigenvalue weighted by Gasteiger charge is -2.27. The molecule has 0 saturated heterocycles. The van der Waals surface area contributed by atoms with Gasteiger partial charge in [-0.05, 0) is 54.7 Å². The van der Waals surface area contributed by atoms with E-state index in [1.54, 1.807) is 6.07 Å². The van der Waals surface area contributed by atoms with Crippen LogP contribution in [0, 0.1) is 23.6 Å². The summed E-state index contributed by atoms with van der Waals surface area (Å²) >= 11 is 3.25. The van der Waals surface area contributed by atoms with Crippen LogP contribution in [-0.4, -0.2) is 11.2 Å². The molecule has 1 aromatic carbocycles. The van der Waals surface area contributed by atoms with E-state index in [2.05, 4.69) is 15.9 Å². The Balaban J connectivity index is 1.69. The molecular formula is C15H18BrFO. The minimum atomic E-state index is -0.379. The van der Waals surface area contributed by atoms with E-state index in [4.69, 9.17) is 0 Å². The third-order valence-corrected chi connectivity index (χ3v) is 5.22. The Morgan fingerprint density at radius 1 is 1.33 bits per heavy atom. The van der Waals surface area contributed by atoms with Crippen LogP contribution in [-0.2, 0) is 6.42 Å². The topological polar surface area (TPSA) is 20.2 Å². The van der Waals surface area contributed by atoms with Gasteiger partial charge in [0, 0.05) is 10.9 Å². The highest BCUT2D eigenvalue weighted by Crippen LogP contribution is 2.49. The maximum Gasteiger partial charge on any atom is 0.127 e. The monoisotopic (exact) mass is 312 g/mol. The smallest absolute Gasteiger partial charge is 0.127 e. The van der Waals surface area contributed by atoms with Gasteiger partial charge in [-0.15, -0.1) is 0 Å². The second-order valence-corrected chi connectivity index (χ2v) is 6.76. The first-order valence-corrected chi connectivity index (χ1v) is 7.55. The van der Waals surface area contributed by atoms with Gasteiger partial charge in [0.25, 0.3) is 0 Å². The lowest BCUT2D eigenvalue weighted by atomic mass is 9.82. The molecule has 2 aliphatic carbocycles. The molecule has 1 nitrogen and oxygen atoms in total. The van der Waals surface area contributed by atoms with Crippen LogP contribution in [0.15, 0.2) is 22.7 Å². The van der Waals surface area contributed by atoms with Crippen molar-refractivity contribution in [3.05, 3.63) is 34.1 Å². The molecule has 2 bridgehead atoms. The quantitative estimate of drug-likeness (QED) is 0.896. The number of halogens is 2. The Kier molecular flexibility index (Phi) is 3.46. The fourth-order valence-corrected chi connectivity index (χ4v) is 4.16. The van der Waals surface area contributed by atoms with Gasteiger partial charge in [-0.3, -0.25) is 0 Å². The SMILES string of the molecule is OC(Cc1ccc(Br)cc1F)C1CC2CCC1C2. The first-order chi connectivity index (χ1) is 8.63. The largest absolute Gasteiger partial charge is 0.392 e. The lowest BCUT2D eigenvalue weighted by molar-refractivity contribution is 0.0743. The summed E-state index contributed by atoms with van der Waals surface area (Å²) in [6, 6.07) is 5.09. The van der Waals surface area contributed by atoms with Crippen LogP contribution in [0.4, 0.5) is 4.39 Å². The maximum absolute atomic E-state index is 13.7. The third kappa shape index (κ3) is 2.35. The summed E-state index contributed by atoms with van der Waals surface area (Å²) in [7, 11) is 0. The normalized spacial score (nSPS) is 31.8. The van der Waals surface area contributed by atoms with Gasteiger partial charge in [0.1, 0.15) is 5.82 Å². The molecule has 2 aliphatic rings. The molecule has 98 valence electrons. The highest BCUT2D eigenvalue weighted by molar-refractivity contribution is 9.10. The predicted octanol–water partition coefficient (Wildman–Crippen LogP) is 3.93. The number of aliphatic hydroxyl groups excluding tert-OH is 1. The Morgan fingerprint density at radius 2 is 2.17 bits per heavy atom. The molecule has 2 fully saturated rings. The lowest BCUT2D eigenvalue weighted by Crippen LogP contribution is -2.27. The average Bonchev–Trinajstić information content (AvgIpc) is 2.94. The molecule has 0 aromatic heterocycles. The summed E-state index contributed by atoms with van der Waals surface area (Å²) in [4.78, 5) is 0. The van der Waals surface area contributed by atoms with Crippen molar-refractivity contribution in [1.29, 1.82) is 0 Å². The second-order valence-electron chi connectivity index (χ2n) is 5.85. The molecule has 0 amide bonds. The van der Waals surface area contributed by atoms with Crippen LogP contribution < -0.4 is 0 Å². The Labute approximate surface area is 116 Å². The maximum atomic E-state index is 13.7. The van der Waals surface area contributed by atoms with E-state index < -0.39 is 0 Å². The zero-order chi connectivity index (χ0) is 12.7. The van der Waals surface area contributed by atoms with Gasteiger partial charge in [-0.1, -0.05) is 28.4 Å². The molecule has 0 aliphatic heterocycles. The van der Waals surface area contributed by atoms with E-state index in [0.717, 1.165) is 16.8 Å². The molecule has 0 heterocycles. The second kappa shape index (κ2) is 4.93. The van der Waals surface area contributed by atoms with Gasteiger partial charge < -0.3 is 5.11 Å². The summed E-state index contributed by atoms with van der Waals surface area (Å²) < 4.78 is 14.5. The molecule has 2 saturated carbocycles. The van der Waals surface area contributed by atoms with Crippen LogP contribution in [0.3, 0.4) is 0 Å². The molecule has 18 heavy (non-hydrogen) atoms. The fourth-order valence-electron chi connectivity index (χ4n) is 3.83. The molecule has 3 rings (SSSR count). The minimum absolute atomic E-state index is 0.216. The molecule has 1 N–H and O–H groups in total. The van der Waals surface area contributed by atoms with Gasteiger partial charge in [-0.25, -0.2) is 4.39 Å². The van der Waals surface area contributed by atoms with Crippen molar-refractivity contribution in [2.75, 3.05) is 0 Å². The third-order valence-electron chi connectivity index (χ3n) is 4.73. The van der Waals surface area contributed by atoms with Crippen molar-refractivity contribution >= 4 is 15.9 Å². The van der Waals surface area contributed by atoms with Gasteiger partial charge in [0.05, 0.1) is 6.10 Å². The van der Waals surface area contributed by atoms with E-state index in [1.165, 1.54) is 25.3 Å². The summed E-state index contributed by atoms with van der Waals surface area (Å²) in [5, 5.41) is 10.3. The predicted molar refractivity (Wildman–Crippen MR) is 72.7 cm³/mol. The molecule has 4 atom stereocenters. The van der Waals surface area contributed by atoms with E-state index >= 15 is 0 Å². The molecule has 3 heteroatoms. The molecule has 4 unspecified atom stereocenters. The number of aliphatic hydroxyl groups is 1. The van der Waals surface area contributed by atoms with Crippen LogP contribution in [0.2, 0.25) is 0 Å². The van der Waals surface area contributed by atoms with Crippen LogP contribution in [0.25, 0.3) is 0 Å². The van der Waals surface area contributed by atoms with E-state index in [9.17, 15) is 9.50 Å². The zero-order valence-corrected chi connectivity index (χ0v) is 11.9. The molecule has 1 aromatic rings. The molecular weight excluding hydrogens is 295 g/mol. The van der Waals surface area contributed by atoms with Gasteiger partial charge in [0.2, 0.25) is 0 Å². The molecule has 0 spiro atoms. The van der Waals surface area contributed by atoms with Crippen LogP contribution in [0.1, 0.15) is 31.2 Å². The van der Waals surface area contributed by atoms with Crippen LogP contribution >= 0.6 is 15.9 Å². The van der Waals surface area contributed by atoms with Crippen molar-refractivity contribution in [1.82, 2.24) is 0 Å². The van der Waals surface area contributed by atoms with Gasteiger partial charge in [0.15, 0.2) is 0 Å². The Bertz CT molecular complexity index is 448.